The molecular formula is C12H19ClN2. The summed E-state index contributed by atoms with van der Waals surface area (Å²) < 4.78 is 0. The molecule has 0 aliphatic rings. The Labute approximate surface area is 97.0 Å². The summed E-state index contributed by atoms with van der Waals surface area (Å²) in [6.45, 7) is 6.94. The first-order valence-electron chi connectivity index (χ1n) is 5.42. The minimum absolute atomic E-state index is 0.277. The number of hydrogen-bond donors (Lipinski definition) is 1. The summed E-state index contributed by atoms with van der Waals surface area (Å²) in [4.78, 5) is 2.34. The van der Waals surface area contributed by atoms with E-state index in [1.807, 2.05) is 18.2 Å². The largest absolute Gasteiger partial charge is 0.329 e. The van der Waals surface area contributed by atoms with Crippen LogP contribution in [0.2, 0.25) is 5.02 Å². The van der Waals surface area contributed by atoms with Crippen molar-refractivity contribution in [2.45, 2.75) is 19.9 Å². The van der Waals surface area contributed by atoms with E-state index in [1.165, 1.54) is 5.56 Å². The third-order valence-corrected chi connectivity index (χ3v) is 2.94. The predicted octanol–water partition coefficient (Wildman–Crippen LogP) is 2.68. The highest BCUT2D eigenvalue weighted by Gasteiger charge is 2.15. The van der Waals surface area contributed by atoms with Crippen molar-refractivity contribution in [1.82, 2.24) is 4.90 Å². The van der Waals surface area contributed by atoms with Gasteiger partial charge in [-0.3, -0.25) is 4.90 Å². The molecule has 15 heavy (non-hydrogen) atoms. The fourth-order valence-corrected chi connectivity index (χ4v) is 2.07. The summed E-state index contributed by atoms with van der Waals surface area (Å²) in [7, 11) is 0. The van der Waals surface area contributed by atoms with E-state index in [0.717, 1.165) is 18.1 Å². The molecule has 1 rings (SSSR count). The van der Waals surface area contributed by atoms with Gasteiger partial charge in [-0.05, 0) is 30.8 Å². The molecule has 0 heterocycles. The van der Waals surface area contributed by atoms with Crippen molar-refractivity contribution in [1.29, 1.82) is 0 Å². The molecule has 1 aromatic carbocycles. The normalized spacial score (nSPS) is 13.1. The molecule has 0 bridgehead atoms. The lowest BCUT2D eigenvalue weighted by atomic mass is 10.1. The zero-order valence-corrected chi connectivity index (χ0v) is 10.2. The molecule has 0 unspecified atom stereocenters. The van der Waals surface area contributed by atoms with Crippen LogP contribution in [0.3, 0.4) is 0 Å². The van der Waals surface area contributed by atoms with Gasteiger partial charge >= 0.3 is 0 Å². The molecule has 3 heteroatoms. The van der Waals surface area contributed by atoms with Crippen LogP contribution in [0.15, 0.2) is 24.3 Å². The molecule has 84 valence electrons. The molecule has 1 aromatic rings. The standard InChI is InChI=1S/C12H19ClN2/c1-3-15(4-2)12(9-14)10-6-5-7-11(13)8-10/h5-8,12H,3-4,9,14H2,1-2H3/t12-/m1/s1. The first-order valence-corrected chi connectivity index (χ1v) is 5.80. The quantitative estimate of drug-likeness (QED) is 0.837. The highest BCUT2D eigenvalue weighted by atomic mass is 35.5. The number of benzene rings is 1. The van der Waals surface area contributed by atoms with Gasteiger partial charge in [-0.15, -0.1) is 0 Å². The van der Waals surface area contributed by atoms with E-state index in [-0.39, 0.29) is 6.04 Å². The zero-order valence-electron chi connectivity index (χ0n) is 9.41. The van der Waals surface area contributed by atoms with Gasteiger partial charge in [-0.2, -0.15) is 0 Å². The molecule has 0 radical (unpaired) electrons. The summed E-state index contributed by atoms with van der Waals surface area (Å²) in [5, 5.41) is 0.776. The molecule has 0 spiro atoms. The number of nitrogens with two attached hydrogens (primary N) is 1. The maximum Gasteiger partial charge on any atom is 0.0470 e. The topological polar surface area (TPSA) is 29.3 Å². The number of nitrogens with zero attached hydrogens (tertiary/aromatic N) is 1. The maximum absolute atomic E-state index is 5.98. The van der Waals surface area contributed by atoms with E-state index < -0.39 is 0 Å². The van der Waals surface area contributed by atoms with Crippen LogP contribution in [-0.2, 0) is 0 Å². The Kier molecular flexibility index (Phi) is 5.09. The molecule has 0 saturated heterocycles. The molecule has 1 atom stereocenters. The fourth-order valence-electron chi connectivity index (χ4n) is 1.87. The molecule has 2 nitrogen and oxygen atoms in total. The van der Waals surface area contributed by atoms with Gasteiger partial charge in [-0.25, -0.2) is 0 Å². The Morgan fingerprint density at radius 3 is 2.47 bits per heavy atom. The average molecular weight is 227 g/mol. The molecule has 0 aliphatic heterocycles. The van der Waals surface area contributed by atoms with E-state index >= 15 is 0 Å². The van der Waals surface area contributed by atoms with Gasteiger partial charge < -0.3 is 5.73 Å². The molecule has 0 amide bonds. The van der Waals surface area contributed by atoms with Crippen molar-refractivity contribution in [3.8, 4) is 0 Å². The van der Waals surface area contributed by atoms with E-state index in [1.54, 1.807) is 0 Å². The van der Waals surface area contributed by atoms with E-state index in [4.69, 9.17) is 17.3 Å². The highest BCUT2D eigenvalue weighted by molar-refractivity contribution is 6.30. The summed E-state index contributed by atoms with van der Waals surface area (Å²) in [6, 6.07) is 8.22. The van der Waals surface area contributed by atoms with Crippen LogP contribution in [0.1, 0.15) is 25.5 Å². The third-order valence-electron chi connectivity index (χ3n) is 2.71. The molecule has 0 aliphatic carbocycles. The van der Waals surface area contributed by atoms with Crippen molar-refractivity contribution in [2.24, 2.45) is 5.73 Å². The first kappa shape index (κ1) is 12.5. The van der Waals surface area contributed by atoms with Crippen LogP contribution in [0.4, 0.5) is 0 Å². The first-order chi connectivity index (χ1) is 7.22. The van der Waals surface area contributed by atoms with Crippen LogP contribution in [0.5, 0.6) is 0 Å². The highest BCUT2D eigenvalue weighted by Crippen LogP contribution is 2.22. The molecule has 0 aromatic heterocycles. The van der Waals surface area contributed by atoms with Gasteiger partial charge in [-0.1, -0.05) is 37.6 Å². The lowest BCUT2D eigenvalue weighted by molar-refractivity contribution is 0.224. The minimum atomic E-state index is 0.277. The minimum Gasteiger partial charge on any atom is -0.329 e. The Balaban J connectivity index is 2.90. The van der Waals surface area contributed by atoms with Gasteiger partial charge in [0.2, 0.25) is 0 Å². The van der Waals surface area contributed by atoms with Crippen molar-refractivity contribution in [2.75, 3.05) is 19.6 Å². The van der Waals surface area contributed by atoms with Crippen LogP contribution >= 0.6 is 11.6 Å². The Morgan fingerprint density at radius 1 is 1.33 bits per heavy atom. The van der Waals surface area contributed by atoms with Crippen LogP contribution in [0.25, 0.3) is 0 Å². The Hall–Kier alpha value is -0.570. The number of rotatable bonds is 5. The average Bonchev–Trinajstić information content (AvgIpc) is 2.25. The number of likely N-dealkylation sites (N-methyl/N-ethyl adjacent to an activating group) is 1. The molecular weight excluding hydrogens is 208 g/mol. The summed E-state index contributed by atoms with van der Waals surface area (Å²) in [6.07, 6.45) is 0. The Bertz CT molecular complexity index is 297. The molecule has 0 fully saturated rings. The van der Waals surface area contributed by atoms with Gasteiger partial charge in [0.15, 0.2) is 0 Å². The Morgan fingerprint density at radius 2 is 2.00 bits per heavy atom. The van der Waals surface area contributed by atoms with Gasteiger partial charge in [0.25, 0.3) is 0 Å². The molecule has 2 N–H and O–H groups in total. The van der Waals surface area contributed by atoms with Crippen LogP contribution in [-0.4, -0.2) is 24.5 Å². The monoisotopic (exact) mass is 226 g/mol. The second-order valence-corrected chi connectivity index (χ2v) is 3.96. The zero-order chi connectivity index (χ0) is 11.3. The van der Waals surface area contributed by atoms with Crippen molar-refractivity contribution >= 4 is 11.6 Å². The second-order valence-electron chi connectivity index (χ2n) is 3.53. The van der Waals surface area contributed by atoms with Crippen molar-refractivity contribution in [3.63, 3.8) is 0 Å². The maximum atomic E-state index is 5.98. The predicted molar refractivity (Wildman–Crippen MR) is 66.2 cm³/mol. The van der Waals surface area contributed by atoms with Gasteiger partial charge in [0.1, 0.15) is 0 Å². The lowest BCUT2D eigenvalue weighted by Gasteiger charge is -2.29. The van der Waals surface area contributed by atoms with Gasteiger partial charge in [0, 0.05) is 17.6 Å². The van der Waals surface area contributed by atoms with E-state index in [9.17, 15) is 0 Å². The van der Waals surface area contributed by atoms with Crippen LogP contribution < -0.4 is 5.73 Å². The summed E-state index contributed by atoms with van der Waals surface area (Å²) in [5.74, 6) is 0. The van der Waals surface area contributed by atoms with Crippen molar-refractivity contribution in [3.05, 3.63) is 34.9 Å². The van der Waals surface area contributed by atoms with Crippen LogP contribution in [0, 0.1) is 0 Å². The number of hydrogen-bond acceptors (Lipinski definition) is 2. The third kappa shape index (κ3) is 3.20. The lowest BCUT2D eigenvalue weighted by Crippen LogP contribution is -2.33. The second kappa shape index (κ2) is 6.11. The van der Waals surface area contributed by atoms with E-state index in [0.29, 0.717) is 6.54 Å². The SMILES string of the molecule is CCN(CC)[C@H](CN)c1cccc(Cl)c1. The molecule has 0 saturated carbocycles. The number of halogens is 1. The smallest absolute Gasteiger partial charge is 0.0470 e. The van der Waals surface area contributed by atoms with Crippen molar-refractivity contribution < 1.29 is 0 Å². The summed E-state index contributed by atoms with van der Waals surface area (Å²) >= 11 is 5.98. The summed E-state index contributed by atoms with van der Waals surface area (Å²) in [5.41, 5.74) is 7.02. The van der Waals surface area contributed by atoms with Gasteiger partial charge in [0.05, 0.1) is 0 Å². The fraction of sp³-hybridized carbons (Fsp3) is 0.500. The van der Waals surface area contributed by atoms with E-state index in [2.05, 4.69) is 24.8 Å².